The number of phenols is 1. The van der Waals surface area contributed by atoms with Crippen LogP contribution >= 0.6 is 23.6 Å². The predicted molar refractivity (Wildman–Crippen MR) is 385 cm³/mol. The summed E-state index contributed by atoms with van der Waals surface area (Å²) in [7, 11) is -4.31. The molecule has 2 aliphatic rings. The van der Waals surface area contributed by atoms with E-state index in [-0.39, 0.29) is 78.8 Å². The number of allylic oxidation sites excluding steroid dienone is 2. The first-order valence-corrected chi connectivity index (χ1v) is 35.1. The molecule has 0 saturated carbocycles. The first kappa shape index (κ1) is 84.9. The van der Waals surface area contributed by atoms with E-state index in [2.05, 4.69) is 26.1 Å². The number of aliphatic hydroxyl groups is 5. The fourth-order valence-corrected chi connectivity index (χ4v) is 12.0. The average Bonchev–Trinajstić information content (AvgIpc) is 1.70. The smallest absolute Gasteiger partial charge is 0.335 e. The van der Waals surface area contributed by atoms with E-state index in [9.17, 15) is 67.0 Å². The molecule has 3 heterocycles. The van der Waals surface area contributed by atoms with Crippen molar-refractivity contribution in [2.75, 3.05) is 34.3 Å². The van der Waals surface area contributed by atoms with Crippen LogP contribution in [0.15, 0.2) is 119 Å². The lowest BCUT2D eigenvalue weighted by atomic mass is 9.73. The second-order valence-electron chi connectivity index (χ2n) is 26.6. The summed E-state index contributed by atoms with van der Waals surface area (Å²) >= 11 is 6.17. The van der Waals surface area contributed by atoms with Crippen molar-refractivity contribution in [3.05, 3.63) is 152 Å². The van der Waals surface area contributed by atoms with Gasteiger partial charge in [-0.25, -0.2) is 10.2 Å². The van der Waals surface area contributed by atoms with Crippen LogP contribution in [0.1, 0.15) is 146 Å². The lowest BCUT2D eigenvalue weighted by Gasteiger charge is -2.35. The molecule has 101 heavy (non-hydrogen) atoms. The van der Waals surface area contributed by atoms with Crippen LogP contribution in [-0.2, 0) is 54.8 Å². The minimum Gasteiger partial charge on any atom is -0.508 e. The van der Waals surface area contributed by atoms with Gasteiger partial charge in [0.15, 0.2) is 22.6 Å². The highest BCUT2D eigenvalue weighted by Crippen LogP contribution is 2.37. The molecule has 1 fully saturated rings. The van der Waals surface area contributed by atoms with Crippen molar-refractivity contribution < 1.29 is 96.5 Å². The van der Waals surface area contributed by atoms with Crippen molar-refractivity contribution >= 4 is 97.9 Å². The molecule has 0 aliphatic carbocycles. The first-order chi connectivity index (χ1) is 46.9. The van der Waals surface area contributed by atoms with E-state index in [4.69, 9.17) is 41.7 Å². The number of Topliss-reactive ketones (excluding diaryl/α,β-unsaturated/α-hetero) is 1. The van der Waals surface area contributed by atoms with Gasteiger partial charge in [-0.15, -0.1) is 11.3 Å². The molecule has 12 N–H and O–H groups in total. The van der Waals surface area contributed by atoms with Gasteiger partial charge in [0, 0.05) is 52.7 Å². The molecule has 5 aromatic rings. The van der Waals surface area contributed by atoms with Gasteiger partial charge in [-0.2, -0.15) is 18.5 Å². The molecular weight excluding hydrogens is 1370 g/mol. The number of esters is 2. The molecule has 27 nitrogen and oxygen atoms in total. The number of aliphatic hydroxyl groups excluding tert-OH is 3. The number of carboxylic acid groups (broad SMARTS) is 1. The van der Waals surface area contributed by atoms with Crippen molar-refractivity contribution in [3.8, 4) is 11.5 Å². The number of carbonyl (C=O) groups is 7. The molecular formula is C71H95N7O20S3. The standard InChI is InChI=1S/C25H26N4O6.C23H41NO9S.C18H21NO3.C5H7NO2S2/c1-14-20(22(30)28(26-14)18-10-6-16(7-11-18)24(32)33)4-3-5-21-15(2)27-29(23(21)31)19-12-8-17(9-13-19)25(34)35;1-9-21(3,4)13-17(19(27)24-23(7,8)15-34(29,30)31)14-22(5,6)20(28)33-11-10-32-18(26)12-16(2)25;1-11-5-8-17(13(3)9-11)22-14(4)18(21)19-15-7-6-12(2)16(20)10-15;7-4(8)1-3-2-10-5(9)6-3/h3-14,20,22,25-26,30,34-35H,1-2H3,(H,32,33);17H,9-15H2,1-8H3,(H,24,27)(H,29,30,31);5-10,14,20H,1-4H3,(H,19,21);2,4,7-8H,1H2,(H,6,9)/b4-3+,21-5?;;;. The van der Waals surface area contributed by atoms with Crippen LogP contribution in [0.25, 0.3) is 0 Å². The number of nitrogens with zero attached hydrogens (tertiary/aromatic N) is 3. The number of aromatic nitrogens is 1. The van der Waals surface area contributed by atoms with Gasteiger partial charge in [-0.05, 0) is 172 Å². The molecule has 0 spiro atoms. The number of aryl methyl sites for hydroxylation is 3. The van der Waals surface area contributed by atoms with Gasteiger partial charge in [0.2, 0.25) is 5.91 Å². The third-order valence-electron chi connectivity index (χ3n) is 15.9. The number of aromatic hydroxyl groups is 1. The first-order valence-electron chi connectivity index (χ1n) is 32.2. The largest absolute Gasteiger partial charge is 0.508 e. The highest BCUT2D eigenvalue weighted by Gasteiger charge is 2.40. The zero-order valence-corrected chi connectivity index (χ0v) is 61.6. The van der Waals surface area contributed by atoms with Crippen LogP contribution in [0.2, 0.25) is 0 Å². The van der Waals surface area contributed by atoms with Crippen molar-refractivity contribution in [1.29, 1.82) is 0 Å². The Morgan fingerprint density at radius 3 is 2.01 bits per heavy atom. The second-order valence-corrected chi connectivity index (χ2v) is 29.6. The summed E-state index contributed by atoms with van der Waals surface area (Å²) in [6, 6.07) is 23.1. The Labute approximate surface area is 597 Å². The van der Waals surface area contributed by atoms with Gasteiger partial charge < -0.3 is 65.6 Å². The number of hydrogen-bond acceptors (Lipinski definition) is 23. The molecule has 2 aliphatic heterocycles. The molecule has 552 valence electrons. The quantitative estimate of drug-likeness (QED) is 0.00443. The zero-order chi connectivity index (χ0) is 76.1. The SMILES string of the molecule is CC1=NN(c2ccc(C(O)O)cc2)C(=O)C1=C/C=C/C1C(C)NN(c2ccc(C(=O)O)cc2)C1O.CCC(C)(C)CC(CC(C)(C)C(=O)OCCOC(=O)CC(C)=O)C(=O)NC(C)(C)CS(=O)(=O)O.Cc1ccc(OC(C)C(=O)Nc2ccc(C)c(O)c2)c(C)c1.OC(O)Cc1csc(=S)[nH]1. The number of hydrazine groups is 1. The van der Waals surface area contributed by atoms with Crippen LogP contribution in [-0.4, -0.2) is 150 Å². The second kappa shape index (κ2) is 37.9. The molecule has 1 aromatic heterocycles. The maximum absolute atomic E-state index is 13.1. The fourth-order valence-electron chi connectivity index (χ4n) is 10.2. The molecule has 1 saturated heterocycles. The number of hydrazone groups is 1. The Morgan fingerprint density at radius 1 is 0.842 bits per heavy atom. The van der Waals surface area contributed by atoms with E-state index in [1.807, 2.05) is 65.8 Å². The number of carbonyl (C=O) groups excluding carboxylic acids is 6. The number of carboxylic acids is 1. The van der Waals surface area contributed by atoms with Gasteiger partial charge in [-0.3, -0.25) is 38.3 Å². The Morgan fingerprint density at radius 2 is 1.47 bits per heavy atom. The Hall–Kier alpha value is -8.56. The summed E-state index contributed by atoms with van der Waals surface area (Å²) in [6.07, 6.45) is 1.97. The van der Waals surface area contributed by atoms with E-state index in [1.165, 1.54) is 67.4 Å². The van der Waals surface area contributed by atoms with Gasteiger partial charge >= 0.3 is 17.9 Å². The van der Waals surface area contributed by atoms with Crippen molar-refractivity contribution in [3.63, 3.8) is 0 Å². The lowest BCUT2D eigenvalue weighted by molar-refractivity contribution is -0.160. The Balaban J connectivity index is 0.000000306. The van der Waals surface area contributed by atoms with Crippen LogP contribution in [0, 0.1) is 47.4 Å². The number of thiazole rings is 1. The summed E-state index contributed by atoms with van der Waals surface area (Å²) in [5, 5.41) is 79.4. The highest BCUT2D eigenvalue weighted by atomic mass is 32.2. The molecule has 30 heteroatoms. The molecule has 0 bridgehead atoms. The number of amides is 3. The zero-order valence-electron chi connectivity index (χ0n) is 59.1. The number of rotatable bonds is 27. The minimum absolute atomic E-state index is 0.121. The molecule has 4 aromatic carbocycles. The van der Waals surface area contributed by atoms with Crippen molar-refractivity contribution in [2.24, 2.45) is 27.8 Å². The van der Waals surface area contributed by atoms with E-state index in [1.54, 1.807) is 93.6 Å². The normalized spacial score (nSPS) is 16.5. The molecule has 7 rings (SSSR count). The van der Waals surface area contributed by atoms with Gasteiger partial charge in [0.25, 0.3) is 21.9 Å². The number of aromatic amines is 1. The highest BCUT2D eigenvalue weighted by molar-refractivity contribution is 7.85. The molecule has 5 unspecified atom stereocenters. The third kappa shape index (κ3) is 28.1. The van der Waals surface area contributed by atoms with Crippen molar-refractivity contribution in [1.82, 2.24) is 15.7 Å². The predicted octanol–water partition coefficient (Wildman–Crippen LogP) is 9.00. The van der Waals surface area contributed by atoms with Crippen LogP contribution in [0.3, 0.4) is 0 Å². The van der Waals surface area contributed by atoms with E-state index < -0.39 is 81.5 Å². The van der Waals surface area contributed by atoms with Crippen LogP contribution in [0.5, 0.6) is 11.5 Å². The number of benzene rings is 4. The van der Waals surface area contributed by atoms with Gasteiger partial charge in [0.1, 0.15) is 43.1 Å². The van der Waals surface area contributed by atoms with E-state index in [0.29, 0.717) is 50.0 Å². The molecule has 0 radical (unpaired) electrons. The van der Waals surface area contributed by atoms with E-state index >= 15 is 0 Å². The van der Waals surface area contributed by atoms with Crippen LogP contribution < -0.4 is 30.8 Å². The summed E-state index contributed by atoms with van der Waals surface area (Å²) in [6.45, 7) is 24.2. The number of nitrogens with one attached hydrogen (secondary N) is 4. The van der Waals surface area contributed by atoms with Gasteiger partial charge in [-0.1, -0.05) is 75.2 Å². The topological polar surface area (TPSA) is 414 Å². The van der Waals surface area contributed by atoms with E-state index in [0.717, 1.165) is 28.8 Å². The Bertz CT molecular complexity index is 3960. The van der Waals surface area contributed by atoms with Gasteiger partial charge in [0.05, 0.1) is 44.9 Å². The number of ketones is 1. The Kier molecular flexibility index (Phi) is 31.9. The number of hydrogen-bond donors (Lipinski definition) is 12. The minimum atomic E-state index is -4.31. The summed E-state index contributed by atoms with van der Waals surface area (Å²) in [4.78, 5) is 87.1. The number of phenolic OH excluding ortho intramolecular Hbond substituents is 1. The monoisotopic (exact) mass is 1460 g/mol. The fraction of sp³-hybridized carbons (Fsp3) is 0.451. The lowest BCUT2D eigenvalue weighted by Crippen LogP contribution is -2.51. The van der Waals surface area contributed by atoms with Crippen LogP contribution in [0.4, 0.5) is 17.1 Å². The molecule has 5 atom stereocenters. The number of anilines is 3. The summed E-state index contributed by atoms with van der Waals surface area (Å²) in [5.41, 5.74) is 7.44. The molecule has 3 amide bonds. The number of ether oxygens (including phenoxy) is 3. The maximum atomic E-state index is 13.1. The van der Waals surface area contributed by atoms with Crippen molar-refractivity contribution in [2.45, 2.75) is 166 Å². The third-order valence-corrected chi connectivity index (χ3v) is 18.1. The summed E-state index contributed by atoms with van der Waals surface area (Å²) < 4.78 is 48.2. The number of H-pyrrole nitrogens is 1. The summed E-state index contributed by atoms with van der Waals surface area (Å²) in [5.74, 6) is -4.37. The number of aromatic carboxylic acids is 1. The average molecular weight is 1460 g/mol. The maximum Gasteiger partial charge on any atom is 0.335 e.